The van der Waals surface area contributed by atoms with Crippen molar-refractivity contribution in [3.05, 3.63) is 59.7 Å². The zero-order valence-corrected chi connectivity index (χ0v) is 11.3. The van der Waals surface area contributed by atoms with Crippen molar-refractivity contribution >= 4 is 11.7 Å². The third-order valence-corrected chi connectivity index (χ3v) is 2.80. The molecular weight excluding hydrogens is 254 g/mol. The van der Waals surface area contributed by atoms with E-state index in [1.54, 1.807) is 18.2 Å². The van der Waals surface area contributed by atoms with Gasteiger partial charge < -0.3 is 15.2 Å². The van der Waals surface area contributed by atoms with E-state index in [1.165, 1.54) is 0 Å². The molecule has 2 rings (SSSR count). The van der Waals surface area contributed by atoms with Crippen molar-refractivity contribution < 1.29 is 14.6 Å². The van der Waals surface area contributed by atoms with Gasteiger partial charge in [-0.1, -0.05) is 18.2 Å². The molecule has 0 saturated carbocycles. The largest absolute Gasteiger partial charge is 0.492 e. The van der Waals surface area contributed by atoms with Crippen LogP contribution in [0.1, 0.15) is 15.9 Å². The second-order valence-electron chi connectivity index (χ2n) is 4.48. The van der Waals surface area contributed by atoms with Gasteiger partial charge >= 0.3 is 5.97 Å². The van der Waals surface area contributed by atoms with Gasteiger partial charge in [0, 0.05) is 12.2 Å². The van der Waals surface area contributed by atoms with Crippen molar-refractivity contribution in [1.29, 1.82) is 0 Å². The molecule has 2 aromatic carbocycles. The van der Waals surface area contributed by atoms with E-state index in [4.69, 9.17) is 9.84 Å². The maximum Gasteiger partial charge on any atom is 0.335 e. The van der Waals surface area contributed by atoms with Crippen LogP contribution in [-0.2, 0) is 0 Å². The number of carbonyl (C=O) groups is 1. The maximum absolute atomic E-state index is 10.8. The molecule has 0 saturated heterocycles. The van der Waals surface area contributed by atoms with Gasteiger partial charge in [-0.25, -0.2) is 4.79 Å². The van der Waals surface area contributed by atoms with Crippen LogP contribution in [0.3, 0.4) is 0 Å². The summed E-state index contributed by atoms with van der Waals surface area (Å²) in [6.45, 7) is 3.14. The molecule has 0 radical (unpaired) electrons. The molecule has 0 aromatic heterocycles. The molecule has 4 nitrogen and oxygen atoms in total. The number of anilines is 1. The van der Waals surface area contributed by atoms with E-state index in [-0.39, 0.29) is 5.56 Å². The summed E-state index contributed by atoms with van der Waals surface area (Å²) in [6, 6.07) is 14.6. The minimum Gasteiger partial charge on any atom is -0.492 e. The number of nitrogens with one attached hydrogen (secondary N) is 1. The van der Waals surface area contributed by atoms with Gasteiger partial charge in [-0.15, -0.1) is 0 Å². The summed E-state index contributed by atoms with van der Waals surface area (Å²) in [7, 11) is 0. The molecule has 0 bridgehead atoms. The van der Waals surface area contributed by atoms with Crippen LogP contribution in [0.5, 0.6) is 5.75 Å². The molecule has 0 unspecified atom stereocenters. The number of aryl methyl sites for hydroxylation is 1. The highest BCUT2D eigenvalue weighted by molar-refractivity contribution is 5.88. The number of benzene rings is 2. The molecule has 0 spiro atoms. The number of carboxylic acid groups (broad SMARTS) is 1. The van der Waals surface area contributed by atoms with Crippen LogP contribution in [0.25, 0.3) is 0 Å². The molecule has 0 fully saturated rings. The van der Waals surface area contributed by atoms with Gasteiger partial charge in [0.05, 0.1) is 5.56 Å². The summed E-state index contributed by atoms with van der Waals surface area (Å²) in [6.07, 6.45) is 0. The molecule has 0 amide bonds. The first kappa shape index (κ1) is 13.9. The van der Waals surface area contributed by atoms with Gasteiger partial charge in [0.1, 0.15) is 12.4 Å². The fourth-order valence-corrected chi connectivity index (χ4v) is 1.83. The van der Waals surface area contributed by atoms with Crippen LogP contribution in [0.15, 0.2) is 48.5 Å². The molecule has 0 atom stereocenters. The Bertz CT molecular complexity index is 596. The van der Waals surface area contributed by atoms with Crippen molar-refractivity contribution in [3.63, 3.8) is 0 Å². The molecule has 2 aromatic rings. The zero-order valence-electron chi connectivity index (χ0n) is 11.3. The lowest BCUT2D eigenvalue weighted by molar-refractivity contribution is 0.0697. The lowest BCUT2D eigenvalue weighted by Crippen LogP contribution is -2.11. The van der Waals surface area contributed by atoms with Crippen LogP contribution in [0, 0.1) is 6.92 Å². The molecule has 0 aliphatic rings. The van der Waals surface area contributed by atoms with E-state index in [2.05, 4.69) is 5.32 Å². The average molecular weight is 271 g/mol. The van der Waals surface area contributed by atoms with Crippen molar-refractivity contribution in [2.24, 2.45) is 0 Å². The topological polar surface area (TPSA) is 58.6 Å². The predicted molar refractivity (Wildman–Crippen MR) is 78.6 cm³/mol. The molecule has 2 N–H and O–H groups in total. The van der Waals surface area contributed by atoms with Crippen molar-refractivity contribution in [2.45, 2.75) is 6.92 Å². The minimum absolute atomic E-state index is 0.273. The first-order valence-electron chi connectivity index (χ1n) is 6.42. The number of hydrogen-bond acceptors (Lipinski definition) is 3. The van der Waals surface area contributed by atoms with Crippen LogP contribution in [0.4, 0.5) is 5.69 Å². The van der Waals surface area contributed by atoms with Crippen LogP contribution >= 0.6 is 0 Å². The first-order chi connectivity index (χ1) is 9.65. The number of hydrogen-bond donors (Lipinski definition) is 2. The summed E-state index contributed by atoms with van der Waals surface area (Å²) >= 11 is 0. The Morgan fingerprint density at radius 1 is 1.20 bits per heavy atom. The van der Waals surface area contributed by atoms with Gasteiger partial charge in [-0.3, -0.25) is 0 Å². The smallest absolute Gasteiger partial charge is 0.335 e. The van der Waals surface area contributed by atoms with Crippen LogP contribution in [-0.4, -0.2) is 24.2 Å². The Hall–Kier alpha value is -2.49. The van der Waals surface area contributed by atoms with Crippen molar-refractivity contribution in [3.8, 4) is 5.75 Å². The van der Waals surface area contributed by atoms with Gasteiger partial charge in [-0.05, 0) is 42.8 Å². The van der Waals surface area contributed by atoms with E-state index in [0.717, 1.165) is 17.0 Å². The van der Waals surface area contributed by atoms with E-state index in [1.807, 2.05) is 37.3 Å². The second-order valence-corrected chi connectivity index (χ2v) is 4.48. The van der Waals surface area contributed by atoms with Crippen LogP contribution in [0.2, 0.25) is 0 Å². The summed E-state index contributed by atoms with van der Waals surface area (Å²) in [4.78, 5) is 10.8. The molecule has 104 valence electrons. The molecule has 0 aliphatic heterocycles. The number of ether oxygens (including phenoxy) is 1. The van der Waals surface area contributed by atoms with E-state index < -0.39 is 5.97 Å². The third-order valence-electron chi connectivity index (χ3n) is 2.80. The summed E-state index contributed by atoms with van der Waals surface area (Å²) in [5, 5.41) is 12.0. The first-order valence-corrected chi connectivity index (χ1v) is 6.42. The second kappa shape index (κ2) is 6.61. The van der Waals surface area contributed by atoms with Gasteiger partial charge in [-0.2, -0.15) is 0 Å². The van der Waals surface area contributed by atoms with E-state index in [0.29, 0.717) is 13.2 Å². The van der Waals surface area contributed by atoms with Crippen molar-refractivity contribution in [1.82, 2.24) is 0 Å². The molecule has 20 heavy (non-hydrogen) atoms. The van der Waals surface area contributed by atoms with Gasteiger partial charge in [0.2, 0.25) is 0 Å². The number of aromatic carboxylic acids is 1. The fourth-order valence-electron chi connectivity index (χ4n) is 1.83. The Balaban J connectivity index is 1.81. The SMILES string of the molecule is Cc1cccc(OCCNc2cccc(C(=O)O)c2)c1. The zero-order chi connectivity index (χ0) is 14.4. The average Bonchev–Trinajstić information content (AvgIpc) is 2.44. The Morgan fingerprint density at radius 3 is 2.75 bits per heavy atom. The third kappa shape index (κ3) is 4.02. The monoisotopic (exact) mass is 271 g/mol. The molecular formula is C16H17NO3. The highest BCUT2D eigenvalue weighted by Crippen LogP contribution is 2.13. The Labute approximate surface area is 118 Å². The van der Waals surface area contributed by atoms with Gasteiger partial charge in [0.25, 0.3) is 0 Å². The standard InChI is InChI=1S/C16H17NO3/c1-12-4-2-7-15(10-12)20-9-8-17-14-6-3-5-13(11-14)16(18)19/h2-7,10-11,17H,8-9H2,1H3,(H,18,19). The van der Waals surface area contributed by atoms with Crippen LogP contribution < -0.4 is 10.1 Å². The Kier molecular flexibility index (Phi) is 4.60. The van der Waals surface area contributed by atoms with E-state index in [9.17, 15) is 4.79 Å². The predicted octanol–water partition coefficient (Wildman–Crippen LogP) is 3.18. The summed E-state index contributed by atoms with van der Waals surface area (Å²) in [5.41, 5.74) is 2.21. The summed E-state index contributed by atoms with van der Waals surface area (Å²) < 4.78 is 5.61. The fraction of sp³-hybridized carbons (Fsp3) is 0.188. The highest BCUT2D eigenvalue weighted by Gasteiger charge is 2.02. The maximum atomic E-state index is 10.8. The Morgan fingerprint density at radius 2 is 2.00 bits per heavy atom. The molecule has 0 heterocycles. The number of rotatable bonds is 6. The normalized spacial score (nSPS) is 10.1. The highest BCUT2D eigenvalue weighted by atomic mass is 16.5. The van der Waals surface area contributed by atoms with Gasteiger partial charge in [0.15, 0.2) is 0 Å². The molecule has 0 aliphatic carbocycles. The lowest BCUT2D eigenvalue weighted by atomic mass is 10.2. The van der Waals surface area contributed by atoms with Crippen molar-refractivity contribution in [2.75, 3.05) is 18.5 Å². The van der Waals surface area contributed by atoms with E-state index >= 15 is 0 Å². The number of carboxylic acids is 1. The quantitative estimate of drug-likeness (QED) is 0.792. The minimum atomic E-state index is -0.926. The lowest BCUT2D eigenvalue weighted by Gasteiger charge is -2.09. The summed E-state index contributed by atoms with van der Waals surface area (Å²) in [5.74, 6) is -0.0873. The molecule has 4 heteroatoms.